The molecule has 1 unspecified atom stereocenters. The number of hydrogen-bond donors (Lipinski definition) is 2. The fourth-order valence-corrected chi connectivity index (χ4v) is 2.80. The minimum absolute atomic E-state index is 0.118. The number of rotatable bonds is 7. The smallest absolute Gasteiger partial charge is 0.251 e. The molecule has 1 atom stereocenters. The molecule has 1 fully saturated rings. The van der Waals surface area contributed by atoms with E-state index in [4.69, 9.17) is 9.47 Å². The molecule has 1 aromatic carbocycles. The summed E-state index contributed by atoms with van der Waals surface area (Å²) in [4.78, 5) is 18.5. The molecule has 1 saturated heterocycles. The molecule has 0 saturated carbocycles. The summed E-state index contributed by atoms with van der Waals surface area (Å²) in [7, 11) is 5.36. The molecule has 0 radical (unpaired) electrons. The van der Waals surface area contributed by atoms with Crippen LogP contribution in [-0.2, 0) is 4.74 Å². The number of nitrogens with one attached hydrogen (secondary N) is 2. The molecule has 0 aromatic heterocycles. The van der Waals surface area contributed by atoms with Crippen LogP contribution < -0.4 is 15.4 Å². The number of guanidine groups is 1. The maximum Gasteiger partial charge on any atom is 0.251 e. The standard InChI is InChI=1S/C18H28N4O3/c1-19-18(22(2)12-14-7-10-25-13-14)21-9-8-20-17(23)15-5-4-6-16(11-15)24-3/h4-6,11,14H,7-10,12-13H2,1-3H3,(H,19,21)(H,20,23). The molecule has 0 spiro atoms. The Morgan fingerprint density at radius 1 is 1.40 bits per heavy atom. The van der Waals surface area contributed by atoms with E-state index in [0.29, 0.717) is 30.3 Å². The molecule has 1 aliphatic heterocycles. The summed E-state index contributed by atoms with van der Waals surface area (Å²) >= 11 is 0. The molecule has 2 N–H and O–H groups in total. The minimum atomic E-state index is -0.118. The average Bonchev–Trinajstić information content (AvgIpc) is 3.14. The highest BCUT2D eigenvalue weighted by atomic mass is 16.5. The van der Waals surface area contributed by atoms with Gasteiger partial charge in [-0.15, -0.1) is 0 Å². The quantitative estimate of drug-likeness (QED) is 0.436. The number of carbonyl (C=O) groups excluding carboxylic acids is 1. The number of aliphatic imine (C=N–C) groups is 1. The Balaban J connectivity index is 1.72. The number of ether oxygens (including phenoxy) is 2. The first-order valence-corrected chi connectivity index (χ1v) is 8.55. The number of nitrogens with zero attached hydrogens (tertiary/aromatic N) is 2. The Kier molecular flexibility index (Phi) is 7.53. The van der Waals surface area contributed by atoms with Gasteiger partial charge >= 0.3 is 0 Å². The summed E-state index contributed by atoms with van der Waals surface area (Å²) in [5.41, 5.74) is 0.585. The lowest BCUT2D eigenvalue weighted by Gasteiger charge is -2.24. The second-order valence-corrected chi connectivity index (χ2v) is 6.07. The van der Waals surface area contributed by atoms with E-state index in [1.807, 2.05) is 13.1 Å². The lowest BCUT2D eigenvalue weighted by molar-refractivity contribution is 0.0954. The minimum Gasteiger partial charge on any atom is -0.497 e. The predicted octanol–water partition coefficient (Wildman–Crippen LogP) is 0.969. The Morgan fingerprint density at radius 2 is 2.20 bits per heavy atom. The molecule has 2 rings (SSSR count). The molecule has 25 heavy (non-hydrogen) atoms. The van der Waals surface area contributed by atoms with Crippen LogP contribution >= 0.6 is 0 Å². The van der Waals surface area contributed by atoms with Gasteiger partial charge in [0, 0.05) is 51.8 Å². The van der Waals surface area contributed by atoms with E-state index >= 15 is 0 Å². The lowest BCUT2D eigenvalue weighted by Crippen LogP contribution is -2.44. The van der Waals surface area contributed by atoms with Crippen molar-refractivity contribution >= 4 is 11.9 Å². The predicted molar refractivity (Wildman–Crippen MR) is 98.2 cm³/mol. The van der Waals surface area contributed by atoms with Crippen molar-refractivity contribution in [1.29, 1.82) is 0 Å². The van der Waals surface area contributed by atoms with Crippen molar-refractivity contribution in [3.05, 3.63) is 29.8 Å². The Labute approximate surface area is 149 Å². The van der Waals surface area contributed by atoms with Gasteiger partial charge in [0.1, 0.15) is 5.75 Å². The van der Waals surface area contributed by atoms with Crippen molar-refractivity contribution in [2.24, 2.45) is 10.9 Å². The molecule has 1 aromatic rings. The summed E-state index contributed by atoms with van der Waals surface area (Å²) in [5.74, 6) is 1.93. The number of methoxy groups -OCH3 is 1. The first-order valence-electron chi connectivity index (χ1n) is 8.55. The number of carbonyl (C=O) groups is 1. The highest BCUT2D eigenvalue weighted by molar-refractivity contribution is 5.94. The van der Waals surface area contributed by atoms with Gasteiger partial charge in [-0.05, 0) is 24.6 Å². The lowest BCUT2D eigenvalue weighted by atomic mass is 10.1. The van der Waals surface area contributed by atoms with E-state index < -0.39 is 0 Å². The van der Waals surface area contributed by atoms with Crippen LogP contribution in [0.1, 0.15) is 16.8 Å². The fraction of sp³-hybridized carbons (Fsp3) is 0.556. The zero-order valence-corrected chi connectivity index (χ0v) is 15.2. The van der Waals surface area contributed by atoms with Gasteiger partial charge in [-0.1, -0.05) is 6.07 Å². The summed E-state index contributed by atoms with van der Waals surface area (Å²) in [6, 6.07) is 7.10. The topological polar surface area (TPSA) is 75.2 Å². The van der Waals surface area contributed by atoms with E-state index in [2.05, 4.69) is 20.5 Å². The van der Waals surface area contributed by atoms with E-state index in [1.54, 1.807) is 32.4 Å². The molecule has 1 amide bonds. The molecule has 1 aliphatic rings. The van der Waals surface area contributed by atoms with Crippen LogP contribution in [0, 0.1) is 5.92 Å². The van der Waals surface area contributed by atoms with Crippen LogP contribution in [0.3, 0.4) is 0 Å². The van der Waals surface area contributed by atoms with Crippen molar-refractivity contribution in [3.8, 4) is 5.75 Å². The van der Waals surface area contributed by atoms with Crippen molar-refractivity contribution in [1.82, 2.24) is 15.5 Å². The van der Waals surface area contributed by atoms with Gasteiger partial charge in [0.2, 0.25) is 0 Å². The summed E-state index contributed by atoms with van der Waals surface area (Å²) in [5, 5.41) is 6.16. The molecule has 0 bridgehead atoms. The molecule has 0 aliphatic carbocycles. The maximum absolute atomic E-state index is 12.1. The van der Waals surface area contributed by atoms with Crippen molar-refractivity contribution < 1.29 is 14.3 Å². The number of amides is 1. The second kappa shape index (κ2) is 9.88. The van der Waals surface area contributed by atoms with E-state index in [0.717, 1.165) is 32.1 Å². The average molecular weight is 348 g/mol. The molecular weight excluding hydrogens is 320 g/mol. The summed E-state index contributed by atoms with van der Waals surface area (Å²) < 4.78 is 10.5. The zero-order chi connectivity index (χ0) is 18.1. The van der Waals surface area contributed by atoms with Crippen LogP contribution in [0.5, 0.6) is 5.75 Å². The first kappa shape index (κ1) is 19.1. The van der Waals surface area contributed by atoms with Crippen LogP contribution in [0.25, 0.3) is 0 Å². The molecule has 7 nitrogen and oxygen atoms in total. The summed E-state index contributed by atoms with van der Waals surface area (Å²) in [6.45, 7) is 3.69. The Morgan fingerprint density at radius 3 is 2.88 bits per heavy atom. The monoisotopic (exact) mass is 348 g/mol. The van der Waals surface area contributed by atoms with Gasteiger partial charge in [0.15, 0.2) is 5.96 Å². The largest absolute Gasteiger partial charge is 0.497 e. The number of benzene rings is 1. The molecule has 1 heterocycles. The SMILES string of the molecule is CN=C(NCCNC(=O)c1cccc(OC)c1)N(C)CC1CCOC1. The Bertz CT molecular complexity index is 585. The van der Waals surface area contributed by atoms with Crippen molar-refractivity contribution in [2.45, 2.75) is 6.42 Å². The molecular formula is C18H28N4O3. The number of hydrogen-bond acceptors (Lipinski definition) is 4. The second-order valence-electron chi connectivity index (χ2n) is 6.07. The summed E-state index contributed by atoms with van der Waals surface area (Å²) in [6.07, 6.45) is 1.10. The van der Waals surface area contributed by atoms with Gasteiger partial charge in [-0.3, -0.25) is 9.79 Å². The third-order valence-electron chi connectivity index (χ3n) is 4.16. The van der Waals surface area contributed by atoms with Crippen LogP contribution in [-0.4, -0.2) is 70.8 Å². The first-order chi connectivity index (χ1) is 12.1. The van der Waals surface area contributed by atoms with Crippen LogP contribution in [0.2, 0.25) is 0 Å². The van der Waals surface area contributed by atoms with Gasteiger partial charge in [-0.25, -0.2) is 0 Å². The van der Waals surface area contributed by atoms with E-state index in [9.17, 15) is 4.79 Å². The normalized spacial score (nSPS) is 17.2. The van der Waals surface area contributed by atoms with Crippen LogP contribution in [0.4, 0.5) is 0 Å². The maximum atomic E-state index is 12.1. The fourth-order valence-electron chi connectivity index (χ4n) is 2.80. The van der Waals surface area contributed by atoms with Gasteiger partial charge in [0.05, 0.1) is 13.7 Å². The zero-order valence-electron chi connectivity index (χ0n) is 15.2. The highest BCUT2D eigenvalue weighted by Gasteiger charge is 2.18. The van der Waals surface area contributed by atoms with Crippen LogP contribution in [0.15, 0.2) is 29.3 Å². The van der Waals surface area contributed by atoms with Gasteiger partial charge in [0.25, 0.3) is 5.91 Å². The molecule has 138 valence electrons. The molecule has 7 heteroatoms. The van der Waals surface area contributed by atoms with E-state index in [1.165, 1.54) is 0 Å². The highest BCUT2D eigenvalue weighted by Crippen LogP contribution is 2.13. The third kappa shape index (κ3) is 5.94. The Hall–Kier alpha value is -2.28. The van der Waals surface area contributed by atoms with Gasteiger partial charge in [-0.2, -0.15) is 0 Å². The van der Waals surface area contributed by atoms with Crippen molar-refractivity contribution in [3.63, 3.8) is 0 Å². The van der Waals surface area contributed by atoms with Crippen molar-refractivity contribution in [2.75, 3.05) is 54.1 Å². The van der Waals surface area contributed by atoms with E-state index in [-0.39, 0.29) is 5.91 Å². The third-order valence-corrected chi connectivity index (χ3v) is 4.16. The van der Waals surface area contributed by atoms with Gasteiger partial charge < -0.3 is 25.0 Å².